The van der Waals surface area contributed by atoms with Gasteiger partial charge >= 0.3 is 0 Å². The largest absolute Gasteiger partial charge is 0.106 e. The molecule has 1 aromatic carbocycles. The van der Waals surface area contributed by atoms with Crippen LogP contribution in [0.15, 0.2) is 36.4 Å². The van der Waals surface area contributed by atoms with Gasteiger partial charge < -0.3 is 0 Å². The summed E-state index contributed by atoms with van der Waals surface area (Å²) in [7, 11) is 2.82. The van der Waals surface area contributed by atoms with Gasteiger partial charge in [-0.1, -0.05) is 81.9 Å². The van der Waals surface area contributed by atoms with Gasteiger partial charge in [0.1, 0.15) is 0 Å². The molecule has 1 aromatic rings. The second-order valence-corrected chi connectivity index (χ2v) is 7.74. The molecule has 1 fully saturated rings. The van der Waals surface area contributed by atoms with E-state index >= 15 is 0 Å². The summed E-state index contributed by atoms with van der Waals surface area (Å²) in [5.41, 5.74) is 2.98. The lowest BCUT2D eigenvalue weighted by atomic mass is 9.84. The highest BCUT2D eigenvalue weighted by molar-refractivity contribution is 7.27. The molecule has 0 spiro atoms. The van der Waals surface area contributed by atoms with Crippen LogP contribution in [-0.2, 0) is 6.42 Å². The van der Waals surface area contributed by atoms with Gasteiger partial charge in [0, 0.05) is 0 Å². The molecule has 3 atom stereocenters. The third kappa shape index (κ3) is 5.54. The van der Waals surface area contributed by atoms with Crippen LogP contribution in [-0.4, -0.2) is 0 Å². The molecule has 22 heavy (non-hydrogen) atoms. The summed E-state index contributed by atoms with van der Waals surface area (Å²) in [6.45, 7) is 6.66. The van der Waals surface area contributed by atoms with Gasteiger partial charge in [-0.05, 0) is 48.4 Å². The van der Waals surface area contributed by atoms with Crippen molar-refractivity contribution in [3.63, 3.8) is 0 Å². The Labute approximate surface area is 140 Å². The van der Waals surface area contributed by atoms with Crippen LogP contribution in [0.4, 0.5) is 0 Å². The zero-order valence-corrected chi connectivity index (χ0v) is 15.5. The van der Waals surface area contributed by atoms with Crippen molar-refractivity contribution in [3.8, 4) is 0 Å². The third-order valence-electron chi connectivity index (χ3n) is 5.26. The standard InChI is InChI=1S/C21H33P/c1-3-4-5-6-7-8-11-19-14-13-17(2)21(19)16-18-10-9-12-20(22)15-18/h9-10,12,15,19,21H,2-8,11,13-14,16,22H2,1H3/t19?,21-/m0/s1. The van der Waals surface area contributed by atoms with Crippen LogP contribution in [0.1, 0.15) is 70.3 Å². The van der Waals surface area contributed by atoms with Crippen LogP contribution in [0.25, 0.3) is 0 Å². The van der Waals surface area contributed by atoms with Gasteiger partial charge in [0.05, 0.1) is 0 Å². The van der Waals surface area contributed by atoms with Crippen molar-refractivity contribution in [1.29, 1.82) is 0 Å². The molecule has 0 radical (unpaired) electrons. The Bertz CT molecular complexity index is 463. The smallest absolute Gasteiger partial charge is 0.0137 e. The fourth-order valence-corrected chi connectivity index (χ4v) is 4.23. The molecule has 2 rings (SSSR count). The number of rotatable bonds is 9. The van der Waals surface area contributed by atoms with E-state index in [4.69, 9.17) is 0 Å². The molecule has 0 aliphatic heterocycles. The van der Waals surface area contributed by atoms with Gasteiger partial charge in [0.2, 0.25) is 0 Å². The Balaban J connectivity index is 1.79. The second kappa shape index (κ2) is 9.51. The van der Waals surface area contributed by atoms with E-state index in [0.29, 0.717) is 0 Å². The number of hydrogen-bond donors (Lipinski definition) is 0. The van der Waals surface area contributed by atoms with Crippen molar-refractivity contribution in [2.24, 2.45) is 11.8 Å². The van der Waals surface area contributed by atoms with Crippen molar-refractivity contribution >= 4 is 14.5 Å². The van der Waals surface area contributed by atoms with Crippen LogP contribution in [0.2, 0.25) is 0 Å². The lowest BCUT2D eigenvalue weighted by Crippen LogP contribution is -2.13. The number of unbranched alkanes of at least 4 members (excludes halogenated alkanes) is 5. The molecule has 1 saturated carbocycles. The Hall–Kier alpha value is -0.610. The van der Waals surface area contributed by atoms with Gasteiger partial charge in [-0.15, -0.1) is 9.24 Å². The first-order chi connectivity index (χ1) is 10.7. The maximum Gasteiger partial charge on any atom is -0.0137 e. The molecule has 0 aromatic heterocycles. The molecule has 1 heteroatoms. The molecule has 1 aliphatic carbocycles. The van der Waals surface area contributed by atoms with Gasteiger partial charge in [-0.2, -0.15) is 0 Å². The van der Waals surface area contributed by atoms with Crippen LogP contribution >= 0.6 is 9.24 Å². The number of hydrogen-bond acceptors (Lipinski definition) is 0. The Morgan fingerprint density at radius 3 is 2.68 bits per heavy atom. The molecule has 0 heterocycles. The minimum absolute atomic E-state index is 0.724. The molecule has 1 aliphatic rings. The molecule has 0 nitrogen and oxygen atoms in total. The van der Waals surface area contributed by atoms with E-state index in [1.54, 1.807) is 0 Å². The lowest BCUT2D eigenvalue weighted by molar-refractivity contribution is 0.373. The first kappa shape index (κ1) is 17.7. The first-order valence-electron chi connectivity index (χ1n) is 9.22. The molecule has 0 N–H and O–H groups in total. The number of benzene rings is 1. The van der Waals surface area contributed by atoms with Crippen LogP contribution in [0.5, 0.6) is 0 Å². The highest BCUT2D eigenvalue weighted by Gasteiger charge is 2.29. The quantitative estimate of drug-likeness (QED) is 0.295. The van der Waals surface area contributed by atoms with E-state index in [2.05, 4.69) is 47.0 Å². The highest BCUT2D eigenvalue weighted by Crippen LogP contribution is 2.40. The predicted octanol–water partition coefficient (Wildman–Crippen LogP) is 6.06. The van der Waals surface area contributed by atoms with Crippen LogP contribution < -0.4 is 5.30 Å². The van der Waals surface area contributed by atoms with E-state index in [0.717, 1.165) is 11.8 Å². The normalized spacial score (nSPS) is 21.5. The van der Waals surface area contributed by atoms with E-state index in [9.17, 15) is 0 Å². The van der Waals surface area contributed by atoms with Crippen molar-refractivity contribution in [3.05, 3.63) is 42.0 Å². The SMILES string of the molecule is C=C1CCC(CCCCCCCC)[C@H]1Cc1cccc(P)c1. The van der Waals surface area contributed by atoms with Crippen LogP contribution in [0, 0.1) is 11.8 Å². The Kier molecular flexibility index (Phi) is 7.67. The maximum absolute atomic E-state index is 4.37. The fraction of sp³-hybridized carbons (Fsp3) is 0.619. The minimum atomic E-state index is 0.724. The monoisotopic (exact) mass is 316 g/mol. The zero-order chi connectivity index (χ0) is 15.8. The maximum atomic E-state index is 4.37. The predicted molar refractivity (Wildman–Crippen MR) is 103 cm³/mol. The Morgan fingerprint density at radius 2 is 1.91 bits per heavy atom. The summed E-state index contributed by atoms with van der Waals surface area (Å²) in [6.07, 6.45) is 13.7. The Morgan fingerprint density at radius 1 is 1.14 bits per heavy atom. The fourth-order valence-electron chi connectivity index (χ4n) is 3.91. The minimum Gasteiger partial charge on any atom is -0.106 e. The summed E-state index contributed by atoms with van der Waals surface area (Å²) < 4.78 is 0. The molecule has 122 valence electrons. The van der Waals surface area contributed by atoms with Crippen molar-refractivity contribution in [2.75, 3.05) is 0 Å². The van der Waals surface area contributed by atoms with E-state index < -0.39 is 0 Å². The summed E-state index contributed by atoms with van der Waals surface area (Å²) in [5.74, 6) is 1.61. The van der Waals surface area contributed by atoms with Crippen LogP contribution in [0.3, 0.4) is 0 Å². The van der Waals surface area contributed by atoms with Gasteiger partial charge in [-0.25, -0.2) is 0 Å². The summed E-state index contributed by atoms with van der Waals surface area (Å²) >= 11 is 0. The molecule has 2 unspecified atom stereocenters. The highest BCUT2D eigenvalue weighted by atomic mass is 31.0. The number of allylic oxidation sites excluding steroid dienone is 1. The average molecular weight is 316 g/mol. The van der Waals surface area contributed by atoms with Gasteiger partial charge in [0.25, 0.3) is 0 Å². The van der Waals surface area contributed by atoms with Gasteiger partial charge in [0.15, 0.2) is 0 Å². The van der Waals surface area contributed by atoms with E-state index in [1.807, 2.05) is 0 Å². The molecular weight excluding hydrogens is 283 g/mol. The lowest BCUT2D eigenvalue weighted by Gasteiger charge is -2.21. The third-order valence-corrected chi connectivity index (χ3v) is 5.62. The van der Waals surface area contributed by atoms with Crippen molar-refractivity contribution in [2.45, 2.75) is 71.1 Å². The van der Waals surface area contributed by atoms with Crippen molar-refractivity contribution in [1.82, 2.24) is 0 Å². The summed E-state index contributed by atoms with van der Waals surface area (Å²) in [6, 6.07) is 8.93. The van der Waals surface area contributed by atoms with E-state index in [1.165, 1.54) is 80.6 Å². The molecule has 0 bridgehead atoms. The first-order valence-corrected chi connectivity index (χ1v) is 9.80. The summed E-state index contributed by atoms with van der Waals surface area (Å²) in [5, 5.41) is 1.30. The topological polar surface area (TPSA) is 0 Å². The second-order valence-electron chi connectivity index (χ2n) is 7.07. The van der Waals surface area contributed by atoms with Crippen molar-refractivity contribution < 1.29 is 0 Å². The molecular formula is C21H33P. The van der Waals surface area contributed by atoms with Gasteiger partial charge in [-0.3, -0.25) is 0 Å². The summed E-state index contributed by atoms with van der Waals surface area (Å²) in [4.78, 5) is 0. The molecule has 0 saturated heterocycles. The average Bonchev–Trinajstić information content (AvgIpc) is 2.84. The van der Waals surface area contributed by atoms with E-state index in [-0.39, 0.29) is 0 Å². The zero-order valence-electron chi connectivity index (χ0n) is 14.3. The molecule has 0 amide bonds.